The SMILES string of the molecule is C=C1CCC(N2C(=O)c3ccnc(NC[C@@H](C)N4CCN([C@H](C)C5CCN(c6cc7nccc(Oc8ccc(NC(=O)C9(C(=O)Nc%10ccc(F)cc%10)CC9)cc8)c7cc6OC)CC5)CC4)c3C2=O)C(=O)N1. The molecule has 18 heteroatoms. The lowest BCUT2D eigenvalue weighted by Gasteiger charge is -2.45. The number of allylic oxidation sites excluding steroid dienone is 1. The number of amides is 5. The van der Waals surface area contributed by atoms with E-state index < -0.39 is 46.8 Å². The van der Waals surface area contributed by atoms with Gasteiger partial charge in [0.15, 0.2) is 0 Å². The summed E-state index contributed by atoms with van der Waals surface area (Å²) in [5.41, 5.74) is 2.60. The number of carbonyl (C=O) groups excluding carboxylic acids is 5. The zero-order chi connectivity index (χ0) is 50.3. The van der Waals surface area contributed by atoms with E-state index in [-0.39, 0.29) is 17.2 Å². The Balaban J connectivity index is 0.701. The van der Waals surface area contributed by atoms with E-state index in [1.165, 1.54) is 30.5 Å². The molecule has 3 aromatic carbocycles. The van der Waals surface area contributed by atoms with Crippen LogP contribution in [0.15, 0.2) is 97.5 Å². The molecule has 1 aliphatic carbocycles. The van der Waals surface area contributed by atoms with Gasteiger partial charge >= 0.3 is 0 Å². The first-order valence-electron chi connectivity index (χ1n) is 24.8. The van der Waals surface area contributed by atoms with Crippen LogP contribution in [0.3, 0.4) is 0 Å². The number of imide groups is 1. The van der Waals surface area contributed by atoms with Gasteiger partial charge in [0, 0.05) is 92.7 Å². The maximum Gasteiger partial charge on any atom is 0.266 e. The fraction of sp³-hybridized carbons (Fsp3) is 0.389. The van der Waals surface area contributed by atoms with Crippen molar-refractivity contribution in [3.8, 4) is 17.2 Å². The molecule has 10 rings (SSSR count). The van der Waals surface area contributed by atoms with Crippen LogP contribution < -0.4 is 35.6 Å². The van der Waals surface area contributed by atoms with Gasteiger partial charge in [-0.1, -0.05) is 6.58 Å². The van der Waals surface area contributed by atoms with Crippen LogP contribution in [-0.2, 0) is 14.4 Å². The summed E-state index contributed by atoms with van der Waals surface area (Å²) in [6.07, 6.45) is 7.01. The Bertz CT molecular complexity index is 2930. The summed E-state index contributed by atoms with van der Waals surface area (Å²) in [6.45, 7) is 14.3. The molecule has 6 heterocycles. The number of anilines is 4. The number of rotatable bonds is 15. The molecule has 4 N–H and O–H groups in total. The highest BCUT2D eigenvalue weighted by atomic mass is 19.1. The molecule has 0 radical (unpaired) electrons. The monoisotopic (exact) mass is 978 g/mol. The van der Waals surface area contributed by atoms with Crippen LogP contribution in [-0.4, -0.2) is 125 Å². The number of nitrogens with one attached hydrogen (secondary N) is 4. The fourth-order valence-corrected chi connectivity index (χ4v) is 10.6. The van der Waals surface area contributed by atoms with Crippen molar-refractivity contribution in [1.82, 2.24) is 30.0 Å². The second kappa shape index (κ2) is 20.0. The quantitative estimate of drug-likeness (QED) is 0.0618. The maximum atomic E-state index is 13.6. The smallest absolute Gasteiger partial charge is 0.266 e. The molecular formula is C54H59FN10O7. The second-order valence-electron chi connectivity index (χ2n) is 19.6. The number of carbonyl (C=O) groups is 5. The molecule has 0 spiro atoms. The number of methoxy groups -OCH3 is 1. The Kier molecular flexibility index (Phi) is 13.4. The van der Waals surface area contributed by atoms with E-state index in [9.17, 15) is 28.4 Å². The third-order valence-electron chi connectivity index (χ3n) is 15.2. The molecular weight excluding hydrogens is 920 g/mol. The topological polar surface area (TPSA) is 191 Å². The van der Waals surface area contributed by atoms with Crippen LogP contribution in [0.1, 0.15) is 73.1 Å². The molecule has 5 aromatic rings. The maximum absolute atomic E-state index is 13.6. The van der Waals surface area contributed by atoms with E-state index in [4.69, 9.17) is 14.5 Å². The van der Waals surface area contributed by atoms with Gasteiger partial charge in [-0.3, -0.25) is 43.7 Å². The first kappa shape index (κ1) is 48.2. The molecule has 3 atom stereocenters. The van der Waals surface area contributed by atoms with Crippen LogP contribution in [0.2, 0.25) is 0 Å². The fourth-order valence-electron chi connectivity index (χ4n) is 10.6. The predicted molar refractivity (Wildman–Crippen MR) is 271 cm³/mol. The first-order chi connectivity index (χ1) is 34.8. The lowest BCUT2D eigenvalue weighted by molar-refractivity contribution is -0.131. The summed E-state index contributed by atoms with van der Waals surface area (Å²) in [6, 6.07) is 19.5. The minimum Gasteiger partial charge on any atom is -0.495 e. The van der Waals surface area contributed by atoms with Gasteiger partial charge < -0.3 is 35.6 Å². The summed E-state index contributed by atoms with van der Waals surface area (Å²) in [4.78, 5) is 83.7. The number of aromatic nitrogens is 2. The van der Waals surface area contributed by atoms with Crippen LogP contribution >= 0.6 is 0 Å². The first-order valence-corrected chi connectivity index (χ1v) is 24.8. The van der Waals surface area contributed by atoms with Gasteiger partial charge in [0.05, 0.1) is 29.4 Å². The number of ether oxygens (including phenoxy) is 2. The summed E-state index contributed by atoms with van der Waals surface area (Å²) in [5.74, 6) is 0.183. The molecule has 0 bridgehead atoms. The molecule has 1 unspecified atom stereocenters. The summed E-state index contributed by atoms with van der Waals surface area (Å²) >= 11 is 0. The molecule has 1 saturated carbocycles. The van der Waals surface area contributed by atoms with Gasteiger partial charge in [0.25, 0.3) is 11.8 Å². The van der Waals surface area contributed by atoms with E-state index in [2.05, 4.69) is 67.4 Å². The van der Waals surface area contributed by atoms with Crippen molar-refractivity contribution in [2.75, 3.05) is 73.8 Å². The van der Waals surface area contributed by atoms with Crippen molar-refractivity contribution in [2.45, 2.75) is 70.5 Å². The van der Waals surface area contributed by atoms with E-state index in [0.29, 0.717) is 78.6 Å². The molecule has 2 aromatic heterocycles. The highest BCUT2D eigenvalue weighted by Crippen LogP contribution is 2.48. The van der Waals surface area contributed by atoms with Crippen LogP contribution in [0, 0.1) is 17.2 Å². The molecule has 4 aliphatic heterocycles. The second-order valence-corrected chi connectivity index (χ2v) is 19.6. The summed E-state index contributed by atoms with van der Waals surface area (Å²) in [5, 5.41) is 12.4. The number of hydrogen-bond donors (Lipinski definition) is 4. The zero-order valence-corrected chi connectivity index (χ0v) is 40.7. The minimum atomic E-state index is -1.18. The zero-order valence-electron chi connectivity index (χ0n) is 40.7. The Hall–Kier alpha value is -7.44. The largest absolute Gasteiger partial charge is 0.495 e. The summed E-state index contributed by atoms with van der Waals surface area (Å²) < 4.78 is 25.7. The summed E-state index contributed by atoms with van der Waals surface area (Å²) in [7, 11) is 1.68. The van der Waals surface area contributed by atoms with E-state index >= 15 is 0 Å². The Morgan fingerprint density at radius 3 is 2.12 bits per heavy atom. The highest BCUT2D eigenvalue weighted by molar-refractivity contribution is 6.25. The van der Waals surface area contributed by atoms with E-state index in [1.807, 2.05) is 12.1 Å². The number of nitrogens with zero attached hydrogens (tertiary/aromatic N) is 6. The van der Waals surface area contributed by atoms with Crippen molar-refractivity contribution in [2.24, 2.45) is 11.3 Å². The lowest BCUT2D eigenvalue weighted by atomic mass is 9.88. The normalized spacial score (nSPS) is 20.1. The Labute approximate surface area is 417 Å². The molecule has 5 aliphatic rings. The van der Waals surface area contributed by atoms with Crippen molar-refractivity contribution in [3.63, 3.8) is 0 Å². The lowest BCUT2D eigenvalue weighted by Crippen LogP contribution is -2.55. The number of pyridine rings is 2. The molecule has 374 valence electrons. The third kappa shape index (κ3) is 9.55. The number of halogens is 1. The number of hydrogen-bond acceptors (Lipinski definition) is 13. The van der Waals surface area contributed by atoms with Crippen LogP contribution in [0.25, 0.3) is 10.9 Å². The highest BCUT2D eigenvalue weighted by Gasteiger charge is 2.56. The third-order valence-corrected chi connectivity index (χ3v) is 15.2. The van der Waals surface area contributed by atoms with Gasteiger partial charge in [-0.25, -0.2) is 9.37 Å². The van der Waals surface area contributed by atoms with Crippen molar-refractivity contribution in [1.29, 1.82) is 0 Å². The van der Waals surface area contributed by atoms with E-state index in [1.54, 1.807) is 43.6 Å². The minimum absolute atomic E-state index is 0.143. The Morgan fingerprint density at radius 2 is 1.47 bits per heavy atom. The van der Waals surface area contributed by atoms with Gasteiger partial charge in [-0.2, -0.15) is 0 Å². The van der Waals surface area contributed by atoms with Gasteiger partial charge in [-0.05, 0) is 131 Å². The number of fused-ring (bicyclic) bond motifs is 2. The Morgan fingerprint density at radius 1 is 0.819 bits per heavy atom. The van der Waals surface area contributed by atoms with E-state index in [0.717, 1.165) is 79.3 Å². The van der Waals surface area contributed by atoms with Crippen molar-refractivity contribution in [3.05, 3.63) is 114 Å². The van der Waals surface area contributed by atoms with Crippen LogP contribution in [0.4, 0.5) is 27.3 Å². The average Bonchev–Trinajstić information content (AvgIpc) is 4.18. The van der Waals surface area contributed by atoms with Crippen molar-refractivity contribution < 1.29 is 37.8 Å². The van der Waals surface area contributed by atoms with Gasteiger partial charge in [-0.15, -0.1) is 0 Å². The predicted octanol–water partition coefficient (Wildman–Crippen LogP) is 7.04. The molecule has 17 nitrogen and oxygen atoms in total. The standard InChI is InChI=1S/C54H59FN10O7/c1-32-5-14-43(49(66)59-32)65-50(67)40-15-21-57-48(47(40)51(65)68)58-31-33(2)62-25-27-63(28-26-62)34(3)35-17-23-64(24-18-35)44-30-42-41(29-46(44)71-4)45(16-22-56-42)72-39-12-10-38(11-13-39)61-53(70)54(19-20-54)52(69)60-37-8-6-36(55)7-9-37/h6-13,15-16,21-22,29-30,33-35,43H,1,5,14,17-20,23-28,31H2,2-4H3,(H,57,58)(H,59,66)(H,60,69)(H,61,70)/t33-,34-,43?/m1/s1. The molecule has 4 fully saturated rings. The molecule has 5 amide bonds. The van der Waals surface area contributed by atoms with Gasteiger partial charge in [0.2, 0.25) is 17.7 Å². The van der Waals surface area contributed by atoms with Gasteiger partial charge in [0.1, 0.15) is 40.3 Å². The average molecular weight is 979 g/mol. The number of benzene rings is 3. The van der Waals surface area contributed by atoms with Crippen LogP contribution in [0.5, 0.6) is 17.2 Å². The molecule has 72 heavy (non-hydrogen) atoms. The number of piperazine rings is 1. The number of piperidine rings is 2. The molecule has 3 saturated heterocycles. The van der Waals surface area contributed by atoms with Crippen molar-refractivity contribution >= 4 is 63.3 Å².